The predicted molar refractivity (Wildman–Crippen MR) is 123 cm³/mol. The van der Waals surface area contributed by atoms with E-state index in [0.717, 1.165) is 28.3 Å². The number of para-hydroxylation sites is 1. The summed E-state index contributed by atoms with van der Waals surface area (Å²) in [5.74, 6) is 0.0179. The van der Waals surface area contributed by atoms with Gasteiger partial charge in [0.15, 0.2) is 5.16 Å². The van der Waals surface area contributed by atoms with Gasteiger partial charge >= 0.3 is 0 Å². The fraction of sp³-hybridized carbons (Fsp3) is 0.304. The highest BCUT2D eigenvalue weighted by Gasteiger charge is 2.13. The van der Waals surface area contributed by atoms with Crippen LogP contribution in [0.25, 0.3) is 5.69 Å². The second-order valence-electron chi connectivity index (χ2n) is 7.42. The minimum Gasteiger partial charge on any atom is -0.317 e. The van der Waals surface area contributed by atoms with Crippen LogP contribution >= 0.6 is 11.8 Å². The van der Waals surface area contributed by atoms with Crippen molar-refractivity contribution >= 4 is 23.9 Å². The Balaban J connectivity index is 1.67. The third-order valence-electron chi connectivity index (χ3n) is 4.82. The standard InChI is InChI=1S/C23H27N5OS/c1-14-8-7-9-15(2)22(14)28-18(5)11-20(19(28)6)12-24-27-21(29)13-30-23-25-16(3)10-17(4)26-23/h7-12H,13H2,1-6H3,(H,27,29)/b24-12-. The molecular formula is C23H27N5OS. The van der Waals surface area contributed by atoms with Gasteiger partial charge in [0.05, 0.1) is 17.7 Å². The number of thioether (sulfide) groups is 1. The van der Waals surface area contributed by atoms with Crippen LogP contribution in [0, 0.1) is 41.5 Å². The van der Waals surface area contributed by atoms with Gasteiger partial charge in [0.2, 0.25) is 0 Å². The third kappa shape index (κ3) is 4.97. The molecule has 0 aliphatic rings. The molecule has 0 aliphatic heterocycles. The molecule has 3 rings (SSSR count). The molecule has 30 heavy (non-hydrogen) atoms. The maximum Gasteiger partial charge on any atom is 0.250 e. The zero-order chi connectivity index (χ0) is 21.8. The minimum atomic E-state index is -0.192. The molecule has 1 amide bonds. The third-order valence-corrected chi connectivity index (χ3v) is 5.67. The summed E-state index contributed by atoms with van der Waals surface area (Å²) in [5, 5.41) is 4.75. The molecule has 156 valence electrons. The van der Waals surface area contributed by atoms with Crippen molar-refractivity contribution < 1.29 is 4.79 Å². The lowest BCUT2D eigenvalue weighted by Crippen LogP contribution is -2.19. The fourth-order valence-corrected chi connectivity index (χ4v) is 4.26. The van der Waals surface area contributed by atoms with Crippen LogP contribution in [0.3, 0.4) is 0 Å². The van der Waals surface area contributed by atoms with Crippen molar-refractivity contribution in [2.24, 2.45) is 5.10 Å². The molecular weight excluding hydrogens is 394 g/mol. The number of nitrogens with zero attached hydrogens (tertiary/aromatic N) is 4. The highest BCUT2D eigenvalue weighted by molar-refractivity contribution is 7.99. The summed E-state index contributed by atoms with van der Waals surface area (Å²) in [6.45, 7) is 12.2. The van der Waals surface area contributed by atoms with Gasteiger partial charge in [-0.2, -0.15) is 5.10 Å². The number of benzene rings is 1. The van der Waals surface area contributed by atoms with Crippen LogP contribution in [0.1, 0.15) is 39.5 Å². The first-order chi connectivity index (χ1) is 14.3. The second kappa shape index (κ2) is 9.26. The van der Waals surface area contributed by atoms with Crippen molar-refractivity contribution in [3.63, 3.8) is 0 Å². The molecule has 7 heteroatoms. The Morgan fingerprint density at radius 3 is 2.33 bits per heavy atom. The molecule has 0 atom stereocenters. The average molecular weight is 422 g/mol. The largest absolute Gasteiger partial charge is 0.317 e. The maximum absolute atomic E-state index is 12.1. The normalized spacial score (nSPS) is 11.3. The Kier molecular flexibility index (Phi) is 6.72. The molecule has 0 saturated carbocycles. The number of aryl methyl sites for hydroxylation is 5. The van der Waals surface area contributed by atoms with Crippen LogP contribution < -0.4 is 5.43 Å². The lowest BCUT2D eigenvalue weighted by Gasteiger charge is -2.15. The van der Waals surface area contributed by atoms with E-state index in [9.17, 15) is 4.79 Å². The lowest BCUT2D eigenvalue weighted by molar-refractivity contribution is -0.118. The van der Waals surface area contributed by atoms with Crippen LogP contribution in [0.2, 0.25) is 0 Å². The van der Waals surface area contributed by atoms with Crippen molar-refractivity contribution in [2.45, 2.75) is 46.7 Å². The van der Waals surface area contributed by atoms with Gasteiger partial charge in [-0.1, -0.05) is 30.0 Å². The fourth-order valence-electron chi connectivity index (χ4n) is 3.52. The maximum atomic E-state index is 12.1. The zero-order valence-electron chi connectivity index (χ0n) is 18.3. The molecule has 2 aromatic heterocycles. The molecule has 1 aromatic carbocycles. The SMILES string of the molecule is Cc1cc(C)nc(SCC(=O)N/N=C\c2cc(C)n(-c3c(C)cccc3C)c2C)n1. The summed E-state index contributed by atoms with van der Waals surface area (Å²) in [4.78, 5) is 20.8. The van der Waals surface area contributed by atoms with Crippen LogP contribution in [0.15, 0.2) is 40.6 Å². The van der Waals surface area contributed by atoms with Gasteiger partial charge in [-0.25, -0.2) is 15.4 Å². The molecule has 0 fully saturated rings. The van der Waals surface area contributed by atoms with E-state index in [1.54, 1.807) is 6.21 Å². The first-order valence-corrected chi connectivity index (χ1v) is 10.8. The number of hydrogen-bond donors (Lipinski definition) is 1. The molecule has 2 heterocycles. The molecule has 0 aliphatic carbocycles. The summed E-state index contributed by atoms with van der Waals surface area (Å²) in [5.41, 5.74) is 11.2. The Hall–Kier alpha value is -2.93. The number of rotatable bonds is 6. The summed E-state index contributed by atoms with van der Waals surface area (Å²) in [7, 11) is 0. The monoisotopic (exact) mass is 421 g/mol. The number of carbonyl (C=O) groups excluding carboxylic acids is 1. The number of nitrogens with one attached hydrogen (secondary N) is 1. The van der Waals surface area contributed by atoms with E-state index < -0.39 is 0 Å². The van der Waals surface area contributed by atoms with Crippen LogP contribution in [-0.2, 0) is 4.79 Å². The van der Waals surface area contributed by atoms with Gasteiger partial charge < -0.3 is 4.57 Å². The second-order valence-corrected chi connectivity index (χ2v) is 8.36. The number of aromatic nitrogens is 3. The van der Waals surface area contributed by atoms with E-state index in [1.807, 2.05) is 19.9 Å². The van der Waals surface area contributed by atoms with Crippen molar-refractivity contribution in [3.8, 4) is 5.69 Å². The molecule has 0 spiro atoms. The van der Waals surface area contributed by atoms with Crippen LogP contribution in [0.4, 0.5) is 0 Å². The van der Waals surface area contributed by atoms with Gasteiger partial charge in [0, 0.05) is 28.3 Å². The quantitative estimate of drug-likeness (QED) is 0.278. The van der Waals surface area contributed by atoms with E-state index in [-0.39, 0.29) is 11.7 Å². The smallest absolute Gasteiger partial charge is 0.250 e. The van der Waals surface area contributed by atoms with Crippen LogP contribution in [-0.4, -0.2) is 32.4 Å². The number of hydrogen-bond acceptors (Lipinski definition) is 5. The minimum absolute atomic E-state index is 0.192. The predicted octanol–water partition coefficient (Wildman–Crippen LogP) is 4.36. The van der Waals surface area contributed by atoms with Gasteiger partial charge in [0.25, 0.3) is 5.91 Å². The van der Waals surface area contributed by atoms with Crippen LogP contribution in [0.5, 0.6) is 0 Å². The Bertz CT molecular complexity index is 1080. The summed E-state index contributed by atoms with van der Waals surface area (Å²) in [6.07, 6.45) is 1.70. The Labute approximate surface area is 181 Å². The van der Waals surface area contributed by atoms with E-state index in [1.165, 1.54) is 28.6 Å². The molecule has 3 aromatic rings. The van der Waals surface area contributed by atoms with E-state index in [4.69, 9.17) is 0 Å². The Morgan fingerprint density at radius 2 is 1.70 bits per heavy atom. The summed E-state index contributed by atoms with van der Waals surface area (Å²) < 4.78 is 2.24. The number of hydrazone groups is 1. The molecule has 0 bridgehead atoms. The molecule has 0 radical (unpaired) electrons. The van der Waals surface area contributed by atoms with Crippen molar-refractivity contribution in [3.05, 3.63) is 69.8 Å². The van der Waals surface area contributed by atoms with Gasteiger partial charge in [-0.05, 0) is 64.8 Å². The first kappa shape index (κ1) is 21.8. The van der Waals surface area contributed by atoms with E-state index in [2.05, 4.69) is 77.0 Å². The van der Waals surface area contributed by atoms with Crippen molar-refractivity contribution in [1.82, 2.24) is 20.0 Å². The average Bonchev–Trinajstić information content (AvgIpc) is 2.93. The first-order valence-electron chi connectivity index (χ1n) is 9.78. The number of carbonyl (C=O) groups is 1. The highest BCUT2D eigenvalue weighted by Crippen LogP contribution is 2.25. The van der Waals surface area contributed by atoms with E-state index >= 15 is 0 Å². The Morgan fingerprint density at radius 1 is 1.07 bits per heavy atom. The van der Waals surface area contributed by atoms with E-state index in [0.29, 0.717) is 5.16 Å². The van der Waals surface area contributed by atoms with Gasteiger partial charge in [-0.15, -0.1) is 0 Å². The number of amides is 1. The summed E-state index contributed by atoms with van der Waals surface area (Å²) >= 11 is 1.30. The van der Waals surface area contributed by atoms with Crippen molar-refractivity contribution in [1.29, 1.82) is 0 Å². The highest BCUT2D eigenvalue weighted by atomic mass is 32.2. The van der Waals surface area contributed by atoms with Gasteiger partial charge in [-0.3, -0.25) is 4.79 Å². The summed E-state index contributed by atoms with van der Waals surface area (Å²) in [6, 6.07) is 10.3. The van der Waals surface area contributed by atoms with Crippen molar-refractivity contribution in [2.75, 3.05) is 5.75 Å². The van der Waals surface area contributed by atoms with Gasteiger partial charge in [0.1, 0.15) is 0 Å². The molecule has 0 unspecified atom stereocenters. The lowest BCUT2D eigenvalue weighted by atomic mass is 10.1. The molecule has 1 N–H and O–H groups in total. The topological polar surface area (TPSA) is 72.2 Å². The molecule has 0 saturated heterocycles. The zero-order valence-corrected chi connectivity index (χ0v) is 19.1. The molecule has 6 nitrogen and oxygen atoms in total.